The van der Waals surface area contributed by atoms with Crippen LogP contribution in [0.2, 0.25) is 0 Å². The summed E-state index contributed by atoms with van der Waals surface area (Å²) < 4.78 is 0. The van der Waals surface area contributed by atoms with Crippen LogP contribution >= 0.6 is 0 Å². The van der Waals surface area contributed by atoms with Crippen molar-refractivity contribution in [2.24, 2.45) is 0 Å². The highest BCUT2D eigenvalue weighted by Gasteiger charge is 2.40. The Morgan fingerprint density at radius 1 is 0.344 bits per heavy atom. The van der Waals surface area contributed by atoms with E-state index in [0.717, 1.165) is 58.9 Å². The van der Waals surface area contributed by atoms with E-state index >= 15 is 0 Å². The lowest BCUT2D eigenvalue weighted by Crippen LogP contribution is -2.63. The predicted octanol–water partition coefficient (Wildman–Crippen LogP) is 15.1. The van der Waals surface area contributed by atoms with Gasteiger partial charge in [-0.15, -0.1) is 12.2 Å². The molecule has 7 rings (SSSR count). The highest BCUT2D eigenvalue weighted by molar-refractivity contribution is 6.07. The Morgan fingerprint density at radius 3 is 0.922 bits per heavy atom. The Balaban J connectivity index is 1.24. The lowest BCUT2D eigenvalue weighted by molar-refractivity contribution is -0.535. The standard InChI is InChI=1S/C60H80N2O2/c1-5-9-13-17-25-37-61(38-26-18-14-10-6-2)55-35-33-49(51-41-45-29-21-23-31-47(45)43-53(51)55)57-59(63)58(60(57)64)50-34-36-56(54-44-48-32-24-22-30-46(48)42-52(50)54)62(39-27-19-15-11-7-3)40-28-20-16-12-8-4/h21-24,29-36,41-44,57-60H,5-20,25-28,37-40H2,1-4H3/q-2. The molecule has 0 saturated heterocycles. The molecule has 0 aromatic heterocycles. The predicted molar refractivity (Wildman–Crippen MR) is 275 cm³/mol. The Labute approximate surface area is 387 Å². The number of hydrogen-bond donors (Lipinski definition) is 0. The normalized spacial score (nSPS) is 17.5. The van der Waals surface area contributed by atoms with Crippen molar-refractivity contribution in [1.29, 1.82) is 0 Å². The van der Waals surface area contributed by atoms with Gasteiger partial charge in [0.05, 0.1) is 0 Å². The zero-order valence-corrected chi connectivity index (χ0v) is 40.2. The van der Waals surface area contributed by atoms with Crippen LogP contribution in [0.3, 0.4) is 0 Å². The number of anilines is 2. The van der Waals surface area contributed by atoms with Gasteiger partial charge in [-0.3, -0.25) is 0 Å². The van der Waals surface area contributed by atoms with Crippen LogP contribution in [0, 0.1) is 0 Å². The Hall–Kier alpha value is -4.12. The molecule has 1 aliphatic rings. The highest BCUT2D eigenvalue weighted by Crippen LogP contribution is 2.51. The van der Waals surface area contributed by atoms with Gasteiger partial charge in [0.1, 0.15) is 0 Å². The van der Waals surface area contributed by atoms with Gasteiger partial charge in [0.15, 0.2) is 0 Å². The van der Waals surface area contributed by atoms with E-state index in [-0.39, 0.29) is 0 Å². The molecule has 0 unspecified atom stereocenters. The molecule has 1 saturated carbocycles. The SMILES string of the molecule is CCCCCCCN(CCCCCCC)c1ccc(C2C([O-])C(c3ccc(N(CCCCCCC)CCCCCCC)c4cc5ccccc5cc34)C2[O-])c2cc3ccccc3cc12. The number of hydrogen-bond acceptors (Lipinski definition) is 4. The van der Waals surface area contributed by atoms with Crippen molar-refractivity contribution in [1.82, 2.24) is 0 Å². The van der Waals surface area contributed by atoms with Gasteiger partial charge in [-0.1, -0.05) is 191 Å². The molecular formula is C60H80N2O2-2. The lowest BCUT2D eigenvalue weighted by atomic mass is 9.62. The van der Waals surface area contributed by atoms with E-state index in [2.05, 4.69) is 135 Å². The number of unbranched alkanes of at least 4 members (excludes halogenated alkanes) is 16. The summed E-state index contributed by atoms with van der Waals surface area (Å²) in [5.41, 5.74) is 4.39. The maximum absolute atomic E-state index is 15.0. The minimum Gasteiger partial charge on any atom is -0.851 e. The van der Waals surface area contributed by atoms with Crippen molar-refractivity contribution in [2.75, 3.05) is 36.0 Å². The zero-order chi connectivity index (χ0) is 44.7. The van der Waals surface area contributed by atoms with E-state index in [1.165, 1.54) is 161 Å². The van der Waals surface area contributed by atoms with Crippen molar-refractivity contribution < 1.29 is 10.2 Å². The van der Waals surface area contributed by atoms with E-state index in [1.807, 2.05) is 0 Å². The third-order valence-corrected chi connectivity index (χ3v) is 14.7. The average molecular weight is 861 g/mol. The van der Waals surface area contributed by atoms with Gasteiger partial charge in [-0.05, 0) is 117 Å². The Bertz CT molecular complexity index is 2150. The first-order valence-corrected chi connectivity index (χ1v) is 26.2. The number of nitrogens with zero attached hydrogens (tertiary/aromatic N) is 2. The zero-order valence-electron chi connectivity index (χ0n) is 40.2. The van der Waals surface area contributed by atoms with Crippen LogP contribution in [0.4, 0.5) is 11.4 Å². The fourth-order valence-corrected chi connectivity index (χ4v) is 10.9. The van der Waals surface area contributed by atoms with Gasteiger partial charge >= 0.3 is 0 Å². The minimum absolute atomic E-state index is 0.600. The van der Waals surface area contributed by atoms with Crippen molar-refractivity contribution in [3.8, 4) is 0 Å². The van der Waals surface area contributed by atoms with Gasteiger partial charge in [0.25, 0.3) is 0 Å². The average Bonchev–Trinajstić information content (AvgIpc) is 3.31. The number of benzene rings is 6. The van der Waals surface area contributed by atoms with Crippen LogP contribution in [0.25, 0.3) is 43.1 Å². The molecule has 0 radical (unpaired) electrons. The Morgan fingerprint density at radius 2 is 0.625 bits per heavy atom. The summed E-state index contributed by atoms with van der Waals surface area (Å²) in [5.74, 6) is -1.20. The summed E-state index contributed by atoms with van der Waals surface area (Å²) in [4.78, 5) is 5.26. The van der Waals surface area contributed by atoms with E-state index in [9.17, 15) is 10.2 Å². The number of rotatable bonds is 28. The monoisotopic (exact) mass is 861 g/mol. The molecule has 0 amide bonds. The second-order valence-electron chi connectivity index (χ2n) is 19.4. The molecule has 344 valence electrons. The molecular weight excluding hydrogens is 781 g/mol. The Kier molecular flexibility index (Phi) is 18.2. The molecule has 6 aromatic rings. The maximum atomic E-state index is 15.0. The van der Waals surface area contributed by atoms with Gasteiger partial charge in [-0.2, -0.15) is 0 Å². The van der Waals surface area contributed by atoms with Gasteiger partial charge in [0, 0.05) is 48.3 Å². The molecule has 1 aliphatic carbocycles. The topological polar surface area (TPSA) is 52.6 Å². The van der Waals surface area contributed by atoms with E-state index in [1.54, 1.807) is 0 Å². The second-order valence-corrected chi connectivity index (χ2v) is 19.4. The van der Waals surface area contributed by atoms with E-state index in [4.69, 9.17) is 0 Å². The highest BCUT2D eigenvalue weighted by atomic mass is 16.3. The molecule has 0 heterocycles. The number of fused-ring (bicyclic) bond motifs is 4. The van der Waals surface area contributed by atoms with Gasteiger partial charge in [-0.25, -0.2) is 0 Å². The molecule has 0 spiro atoms. The molecule has 0 bridgehead atoms. The summed E-state index contributed by atoms with van der Waals surface area (Å²) in [6.07, 6.45) is 23.0. The van der Waals surface area contributed by atoms with Crippen molar-refractivity contribution >= 4 is 54.5 Å². The molecule has 1 fully saturated rings. The quantitative estimate of drug-likeness (QED) is 0.0364. The fraction of sp³-hybridized carbons (Fsp3) is 0.533. The van der Waals surface area contributed by atoms with Crippen molar-refractivity contribution in [3.63, 3.8) is 0 Å². The molecule has 4 heteroatoms. The first-order chi connectivity index (χ1) is 31.5. The molecule has 6 aromatic carbocycles. The maximum Gasteiger partial charge on any atom is 0.0446 e. The summed E-state index contributed by atoms with van der Waals surface area (Å²) in [5, 5.41) is 39.3. The van der Waals surface area contributed by atoms with Crippen molar-refractivity contribution in [2.45, 2.75) is 180 Å². The summed E-state index contributed by atoms with van der Waals surface area (Å²) in [7, 11) is 0. The van der Waals surface area contributed by atoms with Crippen molar-refractivity contribution in [3.05, 3.63) is 108 Å². The van der Waals surface area contributed by atoms with E-state index < -0.39 is 24.0 Å². The van der Waals surface area contributed by atoms with Crippen LogP contribution in [0.1, 0.15) is 179 Å². The molecule has 0 N–H and O–H groups in total. The third kappa shape index (κ3) is 11.5. The van der Waals surface area contributed by atoms with Crippen LogP contribution < -0.4 is 20.0 Å². The minimum atomic E-state index is -1.02. The first kappa shape index (κ1) is 47.8. The molecule has 0 atom stereocenters. The lowest BCUT2D eigenvalue weighted by Gasteiger charge is -2.62. The summed E-state index contributed by atoms with van der Waals surface area (Å²) in [6.45, 7) is 13.3. The van der Waals surface area contributed by atoms with Gasteiger partial charge < -0.3 is 20.0 Å². The first-order valence-electron chi connectivity index (χ1n) is 26.2. The van der Waals surface area contributed by atoms with Gasteiger partial charge in [0.2, 0.25) is 0 Å². The van der Waals surface area contributed by atoms with Crippen LogP contribution in [0.15, 0.2) is 97.1 Å². The second kappa shape index (κ2) is 24.4. The summed E-state index contributed by atoms with van der Waals surface area (Å²) in [6, 6.07) is 35.3. The third-order valence-electron chi connectivity index (χ3n) is 14.7. The van der Waals surface area contributed by atoms with Crippen LogP contribution in [-0.2, 0) is 0 Å². The smallest absolute Gasteiger partial charge is 0.0446 e. The molecule has 64 heavy (non-hydrogen) atoms. The molecule has 0 aliphatic heterocycles. The van der Waals surface area contributed by atoms with E-state index in [0.29, 0.717) is 0 Å². The van der Waals surface area contributed by atoms with Crippen LogP contribution in [-0.4, -0.2) is 38.4 Å². The fourth-order valence-electron chi connectivity index (χ4n) is 10.9. The summed E-state index contributed by atoms with van der Waals surface area (Å²) >= 11 is 0. The van der Waals surface area contributed by atoms with Crippen LogP contribution in [0.5, 0.6) is 0 Å². The largest absolute Gasteiger partial charge is 0.851 e. The molecule has 4 nitrogen and oxygen atoms in total.